The molecule has 4 N–H and O–H groups in total. The fourth-order valence-corrected chi connectivity index (χ4v) is 0.891. The van der Waals surface area contributed by atoms with Crippen molar-refractivity contribution in [1.82, 2.24) is 15.0 Å². The van der Waals surface area contributed by atoms with Gasteiger partial charge in [0, 0.05) is 18.5 Å². The van der Waals surface area contributed by atoms with Crippen molar-refractivity contribution < 1.29 is 4.79 Å². The van der Waals surface area contributed by atoms with Gasteiger partial charge in [0.2, 0.25) is 0 Å². The number of nitrogens with one attached hydrogen (secondary N) is 2. The van der Waals surface area contributed by atoms with E-state index < -0.39 is 11.6 Å². The van der Waals surface area contributed by atoms with Gasteiger partial charge in [0.05, 0.1) is 0 Å². The smallest absolute Gasteiger partial charge is 0.325 e. The minimum Gasteiger partial charge on any atom is -0.364 e. The molecule has 0 saturated heterocycles. The number of carbonyl (C=O) groups excluding carboxylic acids is 1. The van der Waals surface area contributed by atoms with Gasteiger partial charge in [0.25, 0.3) is 11.5 Å². The van der Waals surface area contributed by atoms with Crippen LogP contribution in [0.2, 0.25) is 0 Å². The van der Waals surface area contributed by atoms with E-state index in [0.717, 1.165) is 0 Å². The van der Waals surface area contributed by atoms with E-state index >= 15 is 0 Å². The van der Waals surface area contributed by atoms with Gasteiger partial charge in [0.15, 0.2) is 0 Å². The molecule has 2 rings (SSSR count). The quantitative estimate of drug-likeness (QED) is 0.600. The first-order chi connectivity index (χ1) is 8.09. The zero-order valence-corrected chi connectivity index (χ0v) is 8.71. The first-order valence-electron chi connectivity index (χ1n) is 4.58. The highest BCUT2D eigenvalue weighted by Gasteiger charge is 1.95. The zero-order valence-electron chi connectivity index (χ0n) is 8.71. The van der Waals surface area contributed by atoms with E-state index in [0.29, 0.717) is 5.69 Å². The Morgan fingerprint density at radius 3 is 2.35 bits per heavy atom. The molecular formula is C10H10N4O3. The average Bonchev–Trinajstić information content (AvgIpc) is 2.30. The molecule has 0 bridgehead atoms. The molecule has 0 unspecified atom stereocenters. The average molecular weight is 234 g/mol. The molecule has 0 saturated carbocycles. The van der Waals surface area contributed by atoms with Crippen LogP contribution in [0.25, 0.3) is 0 Å². The maximum absolute atomic E-state index is 10.4. The third-order valence-corrected chi connectivity index (χ3v) is 1.60. The molecule has 0 aromatic carbocycles. The number of hydrogen-bond donors (Lipinski definition) is 3. The van der Waals surface area contributed by atoms with Gasteiger partial charge >= 0.3 is 5.69 Å². The number of amides is 1. The predicted molar refractivity (Wildman–Crippen MR) is 60.4 cm³/mol. The van der Waals surface area contributed by atoms with Gasteiger partial charge in [0.1, 0.15) is 5.69 Å². The molecule has 2 heterocycles. The number of aromatic nitrogens is 3. The molecule has 7 nitrogen and oxygen atoms in total. The number of carbonyl (C=O) groups is 1. The molecule has 88 valence electrons. The number of aromatic amines is 2. The first-order valence-corrected chi connectivity index (χ1v) is 4.58. The zero-order chi connectivity index (χ0) is 12.7. The minimum atomic E-state index is -0.490. The van der Waals surface area contributed by atoms with Crippen molar-refractivity contribution >= 4 is 5.91 Å². The number of nitrogens with two attached hydrogens (primary N) is 1. The Balaban J connectivity index is 0.000000171. The third-order valence-electron chi connectivity index (χ3n) is 1.60. The predicted octanol–water partition coefficient (Wildman–Crippen LogP) is -0.756. The number of rotatable bonds is 1. The summed E-state index contributed by atoms with van der Waals surface area (Å²) in [4.78, 5) is 38.7. The molecule has 0 aliphatic heterocycles. The third kappa shape index (κ3) is 4.56. The van der Waals surface area contributed by atoms with E-state index in [-0.39, 0.29) is 5.56 Å². The van der Waals surface area contributed by atoms with Gasteiger partial charge in [-0.2, -0.15) is 0 Å². The summed E-state index contributed by atoms with van der Waals surface area (Å²) in [6, 6.07) is 6.25. The van der Waals surface area contributed by atoms with E-state index in [1.807, 2.05) is 4.98 Å². The summed E-state index contributed by atoms with van der Waals surface area (Å²) in [6.07, 6.45) is 2.82. The van der Waals surface area contributed by atoms with Crippen molar-refractivity contribution in [3.8, 4) is 0 Å². The maximum Gasteiger partial charge on any atom is 0.325 e. The topological polar surface area (TPSA) is 122 Å². The highest BCUT2D eigenvalue weighted by atomic mass is 16.2. The summed E-state index contributed by atoms with van der Waals surface area (Å²) in [5.41, 5.74) is 4.36. The molecule has 0 fully saturated rings. The van der Waals surface area contributed by atoms with Crippen molar-refractivity contribution in [3.05, 3.63) is 63.2 Å². The maximum atomic E-state index is 10.4. The Hall–Kier alpha value is -2.70. The molecule has 17 heavy (non-hydrogen) atoms. The summed E-state index contributed by atoms with van der Waals surface area (Å²) in [5.74, 6) is -0.490. The van der Waals surface area contributed by atoms with Crippen molar-refractivity contribution in [3.63, 3.8) is 0 Å². The van der Waals surface area contributed by atoms with Crippen molar-refractivity contribution in [1.29, 1.82) is 0 Å². The van der Waals surface area contributed by atoms with Gasteiger partial charge in [-0.3, -0.25) is 19.6 Å². The van der Waals surface area contributed by atoms with Gasteiger partial charge < -0.3 is 10.7 Å². The van der Waals surface area contributed by atoms with E-state index in [1.165, 1.54) is 18.5 Å². The lowest BCUT2D eigenvalue weighted by molar-refractivity contribution is 0.0995. The molecule has 0 atom stereocenters. The lowest BCUT2D eigenvalue weighted by Crippen LogP contribution is -2.19. The first kappa shape index (κ1) is 12.4. The monoisotopic (exact) mass is 234 g/mol. The Morgan fingerprint density at radius 1 is 1.24 bits per heavy atom. The summed E-state index contributed by atoms with van der Waals surface area (Å²) in [5, 5.41) is 0. The fraction of sp³-hybridized carbons (Fsp3) is 0. The van der Waals surface area contributed by atoms with Crippen LogP contribution < -0.4 is 17.0 Å². The molecular weight excluding hydrogens is 224 g/mol. The molecule has 0 radical (unpaired) electrons. The van der Waals surface area contributed by atoms with Crippen LogP contribution in [0.15, 0.2) is 46.2 Å². The summed E-state index contributed by atoms with van der Waals surface area (Å²) < 4.78 is 0. The van der Waals surface area contributed by atoms with Crippen LogP contribution >= 0.6 is 0 Å². The highest BCUT2D eigenvalue weighted by Crippen LogP contribution is 1.88. The number of H-pyrrole nitrogens is 2. The number of primary amides is 1. The second-order valence-corrected chi connectivity index (χ2v) is 2.88. The highest BCUT2D eigenvalue weighted by molar-refractivity contribution is 5.90. The molecule has 2 aromatic rings. The van der Waals surface area contributed by atoms with E-state index in [4.69, 9.17) is 5.73 Å². The van der Waals surface area contributed by atoms with Gasteiger partial charge in [-0.05, 0) is 12.1 Å². The number of hydrogen-bond acceptors (Lipinski definition) is 4. The lowest BCUT2D eigenvalue weighted by Gasteiger charge is -1.88. The number of nitrogens with zero attached hydrogens (tertiary/aromatic N) is 1. The second-order valence-electron chi connectivity index (χ2n) is 2.88. The van der Waals surface area contributed by atoms with Gasteiger partial charge in [-0.1, -0.05) is 6.07 Å². The summed E-state index contributed by atoms with van der Waals surface area (Å²) in [7, 11) is 0. The van der Waals surface area contributed by atoms with Crippen molar-refractivity contribution in [2.45, 2.75) is 0 Å². The SMILES string of the molecule is NC(=O)c1ccccn1.O=c1cc[nH]c(=O)[nH]1. The largest absolute Gasteiger partial charge is 0.364 e. The molecule has 1 amide bonds. The molecule has 7 heteroatoms. The van der Waals surface area contributed by atoms with Crippen LogP contribution in [0, 0.1) is 0 Å². The molecule has 0 aliphatic carbocycles. The van der Waals surface area contributed by atoms with Crippen molar-refractivity contribution in [2.75, 3.05) is 0 Å². The standard InChI is InChI=1S/C6H6N2O.C4H4N2O2/c7-6(9)5-3-1-2-4-8-5;7-3-1-2-5-4(8)6-3/h1-4H,(H2,7,9);1-2H,(H2,5,6,7,8). The Morgan fingerprint density at radius 2 is 2.00 bits per heavy atom. The van der Waals surface area contributed by atoms with Gasteiger partial charge in [-0.25, -0.2) is 4.79 Å². The van der Waals surface area contributed by atoms with Crippen LogP contribution in [0.5, 0.6) is 0 Å². The minimum absolute atomic E-state index is 0.303. The van der Waals surface area contributed by atoms with Crippen LogP contribution in [-0.2, 0) is 0 Å². The fourth-order valence-electron chi connectivity index (χ4n) is 0.891. The van der Waals surface area contributed by atoms with E-state index in [1.54, 1.807) is 18.2 Å². The summed E-state index contributed by atoms with van der Waals surface area (Å²) in [6.45, 7) is 0. The van der Waals surface area contributed by atoms with Crippen LogP contribution in [0.4, 0.5) is 0 Å². The van der Waals surface area contributed by atoms with Crippen LogP contribution in [-0.4, -0.2) is 20.9 Å². The number of pyridine rings is 1. The Bertz CT molecular complexity index is 563. The normalized spacial score (nSPS) is 8.94. The van der Waals surface area contributed by atoms with E-state index in [2.05, 4.69) is 9.97 Å². The molecule has 2 aromatic heterocycles. The molecule has 0 spiro atoms. The lowest BCUT2D eigenvalue weighted by atomic mass is 10.3. The Labute approximate surface area is 95.3 Å². The second kappa shape index (κ2) is 6.01. The summed E-state index contributed by atoms with van der Waals surface area (Å²) >= 11 is 0. The van der Waals surface area contributed by atoms with Crippen LogP contribution in [0.3, 0.4) is 0 Å². The Kier molecular flexibility index (Phi) is 4.37. The van der Waals surface area contributed by atoms with Gasteiger partial charge in [-0.15, -0.1) is 0 Å². The molecule has 0 aliphatic rings. The van der Waals surface area contributed by atoms with Crippen LogP contribution in [0.1, 0.15) is 10.5 Å². The van der Waals surface area contributed by atoms with E-state index in [9.17, 15) is 14.4 Å². The van der Waals surface area contributed by atoms with Crippen molar-refractivity contribution in [2.24, 2.45) is 5.73 Å².